The summed E-state index contributed by atoms with van der Waals surface area (Å²) in [5.74, 6) is 2.93. The van der Waals surface area contributed by atoms with Crippen LogP contribution in [0.5, 0.6) is 5.75 Å². The molecule has 0 amide bonds. The fraction of sp³-hybridized carbons (Fsp3) is 0.647. The lowest BCUT2D eigenvalue weighted by Gasteiger charge is -2.19. The summed E-state index contributed by atoms with van der Waals surface area (Å²) in [6.07, 6.45) is 5.90. The van der Waals surface area contributed by atoms with Gasteiger partial charge in [0.15, 0.2) is 0 Å². The minimum absolute atomic E-state index is 0.559. The molecule has 0 saturated carbocycles. The van der Waals surface area contributed by atoms with Gasteiger partial charge in [0.25, 0.3) is 0 Å². The van der Waals surface area contributed by atoms with Crippen LogP contribution in [0, 0.1) is 5.92 Å². The first-order chi connectivity index (χ1) is 9.65. The number of nitrogens with one attached hydrogen (secondary N) is 1. The summed E-state index contributed by atoms with van der Waals surface area (Å²) in [4.78, 5) is 0. The molecule has 1 aromatic rings. The Morgan fingerprint density at radius 2 is 2.10 bits per heavy atom. The first-order valence-corrected chi connectivity index (χ1v) is 8.90. The van der Waals surface area contributed by atoms with Crippen LogP contribution in [0.25, 0.3) is 0 Å². The summed E-state index contributed by atoms with van der Waals surface area (Å²) in [6.45, 7) is 5.53. The lowest BCUT2D eigenvalue weighted by atomic mass is 9.94. The van der Waals surface area contributed by atoms with Crippen molar-refractivity contribution in [3.8, 4) is 5.75 Å². The molecule has 1 unspecified atom stereocenters. The highest BCUT2D eigenvalue weighted by Crippen LogP contribution is 2.19. The van der Waals surface area contributed by atoms with Crippen molar-refractivity contribution >= 4 is 11.8 Å². The highest BCUT2D eigenvalue weighted by atomic mass is 32.2. The van der Waals surface area contributed by atoms with Gasteiger partial charge in [-0.25, -0.2) is 0 Å². The Morgan fingerprint density at radius 3 is 2.75 bits per heavy atom. The summed E-state index contributed by atoms with van der Waals surface area (Å²) < 4.78 is 5.31. The Kier molecular flexibility index (Phi) is 8.79. The van der Waals surface area contributed by atoms with Crippen molar-refractivity contribution in [1.82, 2.24) is 5.32 Å². The van der Waals surface area contributed by atoms with Gasteiger partial charge in [-0.05, 0) is 61.4 Å². The van der Waals surface area contributed by atoms with E-state index < -0.39 is 0 Å². The number of ether oxygens (including phenoxy) is 1. The maximum atomic E-state index is 5.31. The lowest BCUT2D eigenvalue weighted by Crippen LogP contribution is -2.30. The van der Waals surface area contributed by atoms with Crippen LogP contribution in [0.4, 0.5) is 0 Å². The van der Waals surface area contributed by atoms with E-state index in [9.17, 15) is 0 Å². The number of benzene rings is 1. The fourth-order valence-corrected chi connectivity index (χ4v) is 2.78. The van der Waals surface area contributed by atoms with E-state index in [1.807, 2.05) is 17.8 Å². The molecular weight excluding hydrogens is 266 g/mol. The average Bonchev–Trinajstić information content (AvgIpc) is 2.45. The average molecular weight is 295 g/mol. The summed E-state index contributed by atoms with van der Waals surface area (Å²) in [5, 5.41) is 3.58. The summed E-state index contributed by atoms with van der Waals surface area (Å²) in [7, 11) is 1.73. The molecule has 0 saturated heterocycles. The van der Waals surface area contributed by atoms with E-state index in [2.05, 4.69) is 43.6 Å². The molecule has 20 heavy (non-hydrogen) atoms. The minimum Gasteiger partial charge on any atom is -0.497 e. The van der Waals surface area contributed by atoms with Crippen LogP contribution in [0.2, 0.25) is 0 Å². The summed E-state index contributed by atoms with van der Waals surface area (Å²) in [6, 6.07) is 9.03. The van der Waals surface area contributed by atoms with E-state index in [0.717, 1.165) is 18.7 Å². The summed E-state index contributed by atoms with van der Waals surface area (Å²) in [5.41, 5.74) is 1.38. The van der Waals surface area contributed by atoms with E-state index >= 15 is 0 Å². The lowest BCUT2D eigenvalue weighted by molar-refractivity contribution is 0.408. The molecule has 114 valence electrons. The molecule has 1 atom stereocenters. The topological polar surface area (TPSA) is 21.3 Å². The van der Waals surface area contributed by atoms with Gasteiger partial charge in [-0.3, -0.25) is 0 Å². The Labute approximate surface area is 128 Å². The Bertz CT molecular complexity index is 368. The smallest absolute Gasteiger partial charge is 0.119 e. The summed E-state index contributed by atoms with van der Waals surface area (Å²) >= 11 is 1.94. The molecule has 2 nitrogen and oxygen atoms in total. The highest BCUT2D eigenvalue weighted by molar-refractivity contribution is 7.98. The predicted molar refractivity (Wildman–Crippen MR) is 90.9 cm³/mol. The number of thioether (sulfide) groups is 1. The second kappa shape index (κ2) is 10.1. The Hall–Kier alpha value is -0.670. The van der Waals surface area contributed by atoms with E-state index in [1.165, 1.54) is 24.2 Å². The van der Waals surface area contributed by atoms with Gasteiger partial charge in [0, 0.05) is 6.04 Å². The van der Waals surface area contributed by atoms with Crippen LogP contribution in [-0.2, 0) is 6.42 Å². The molecular formula is C17H29NOS. The zero-order chi connectivity index (χ0) is 14.8. The monoisotopic (exact) mass is 295 g/mol. The molecule has 0 radical (unpaired) electrons. The standard InChI is InChI=1S/C17H29NOS/c1-14(2)18-13-16(8-6-10-20-4)11-15-7-5-9-17(12-15)19-3/h5,7,9,12,14,16,18H,6,8,10-11,13H2,1-4H3. The normalized spacial score (nSPS) is 12.7. The van der Waals surface area contributed by atoms with Crippen molar-refractivity contribution in [3.05, 3.63) is 29.8 Å². The first-order valence-electron chi connectivity index (χ1n) is 7.51. The number of rotatable bonds is 10. The molecule has 0 fully saturated rings. The molecule has 0 aliphatic rings. The van der Waals surface area contributed by atoms with Crippen molar-refractivity contribution in [1.29, 1.82) is 0 Å². The molecule has 0 aliphatic heterocycles. The molecule has 3 heteroatoms. The highest BCUT2D eigenvalue weighted by Gasteiger charge is 2.11. The predicted octanol–water partition coefficient (Wildman–Crippen LogP) is 4.00. The van der Waals surface area contributed by atoms with Gasteiger partial charge in [-0.1, -0.05) is 26.0 Å². The number of methoxy groups -OCH3 is 1. The van der Waals surface area contributed by atoms with Crippen LogP contribution in [0.1, 0.15) is 32.3 Å². The van der Waals surface area contributed by atoms with Gasteiger partial charge < -0.3 is 10.1 Å². The third-order valence-electron chi connectivity index (χ3n) is 3.43. The van der Waals surface area contributed by atoms with E-state index in [1.54, 1.807) is 7.11 Å². The zero-order valence-corrected chi connectivity index (χ0v) is 14.1. The Morgan fingerprint density at radius 1 is 1.30 bits per heavy atom. The first kappa shape index (κ1) is 17.4. The molecule has 0 heterocycles. The molecule has 1 rings (SSSR count). The third-order valence-corrected chi connectivity index (χ3v) is 4.13. The number of hydrogen-bond acceptors (Lipinski definition) is 3. The quantitative estimate of drug-likeness (QED) is 0.659. The second-order valence-electron chi connectivity index (χ2n) is 5.62. The Balaban J connectivity index is 2.56. The van der Waals surface area contributed by atoms with Gasteiger partial charge in [0.2, 0.25) is 0 Å². The van der Waals surface area contributed by atoms with Gasteiger partial charge >= 0.3 is 0 Å². The fourth-order valence-electron chi connectivity index (χ4n) is 2.33. The minimum atomic E-state index is 0.559. The van der Waals surface area contributed by atoms with Gasteiger partial charge in [-0.15, -0.1) is 0 Å². The molecule has 0 aliphatic carbocycles. The van der Waals surface area contributed by atoms with Gasteiger partial charge in [0.1, 0.15) is 5.75 Å². The third kappa shape index (κ3) is 7.20. The van der Waals surface area contributed by atoms with E-state index in [0.29, 0.717) is 12.0 Å². The van der Waals surface area contributed by atoms with Crippen LogP contribution in [0.15, 0.2) is 24.3 Å². The SMILES string of the molecule is COc1cccc(CC(CCCSC)CNC(C)C)c1. The van der Waals surface area contributed by atoms with Gasteiger partial charge in [-0.2, -0.15) is 11.8 Å². The van der Waals surface area contributed by atoms with Crippen LogP contribution >= 0.6 is 11.8 Å². The zero-order valence-electron chi connectivity index (χ0n) is 13.3. The molecule has 1 N–H and O–H groups in total. The molecule has 0 spiro atoms. The molecule has 0 aromatic heterocycles. The maximum Gasteiger partial charge on any atom is 0.119 e. The van der Waals surface area contributed by atoms with Gasteiger partial charge in [0.05, 0.1) is 7.11 Å². The molecule has 1 aromatic carbocycles. The van der Waals surface area contributed by atoms with Crippen LogP contribution in [0.3, 0.4) is 0 Å². The van der Waals surface area contributed by atoms with Crippen molar-refractivity contribution in [2.24, 2.45) is 5.92 Å². The van der Waals surface area contributed by atoms with Crippen molar-refractivity contribution < 1.29 is 4.74 Å². The second-order valence-corrected chi connectivity index (χ2v) is 6.61. The van der Waals surface area contributed by atoms with Crippen LogP contribution in [-0.4, -0.2) is 31.7 Å². The van der Waals surface area contributed by atoms with Crippen LogP contribution < -0.4 is 10.1 Å². The maximum absolute atomic E-state index is 5.31. The van der Waals surface area contributed by atoms with Crippen molar-refractivity contribution in [3.63, 3.8) is 0 Å². The van der Waals surface area contributed by atoms with Crippen molar-refractivity contribution in [2.75, 3.05) is 25.7 Å². The molecule has 0 bridgehead atoms. The van der Waals surface area contributed by atoms with Crippen molar-refractivity contribution in [2.45, 2.75) is 39.2 Å². The largest absolute Gasteiger partial charge is 0.497 e. The van der Waals surface area contributed by atoms with E-state index in [4.69, 9.17) is 4.74 Å². The number of hydrogen-bond donors (Lipinski definition) is 1. The van der Waals surface area contributed by atoms with E-state index in [-0.39, 0.29) is 0 Å².